The first-order valence-corrected chi connectivity index (χ1v) is 8.42. The maximum atomic E-state index is 13.0. The number of aryl methyl sites for hydroxylation is 1. The highest BCUT2D eigenvalue weighted by Crippen LogP contribution is 2.35. The third-order valence-corrected chi connectivity index (χ3v) is 5.19. The van der Waals surface area contributed by atoms with E-state index < -0.39 is 0 Å². The van der Waals surface area contributed by atoms with Crippen molar-refractivity contribution in [1.82, 2.24) is 14.5 Å². The Labute approximate surface area is 142 Å². The smallest absolute Gasteiger partial charge is 0.275 e. The molecule has 0 radical (unpaired) electrons. The molecule has 0 aliphatic carbocycles. The Bertz CT molecular complexity index is 1130. The van der Waals surface area contributed by atoms with Gasteiger partial charge < -0.3 is 4.90 Å². The standard InChI is InChI=1S/C18H16N4OS/c1-11-6-4-5-7-12(11)22-10-20-15-14-13(21(2)3)8-9-19-17(14)24-16(15)18(22)23/h4-10H,1-3H3. The molecule has 120 valence electrons. The number of fused-ring (bicyclic) bond motifs is 3. The molecule has 0 saturated carbocycles. The van der Waals surface area contributed by atoms with Gasteiger partial charge in [0, 0.05) is 20.3 Å². The molecule has 0 aliphatic heterocycles. The molecule has 0 atom stereocenters. The first-order chi connectivity index (χ1) is 11.6. The van der Waals surface area contributed by atoms with E-state index in [-0.39, 0.29) is 5.56 Å². The van der Waals surface area contributed by atoms with Crippen molar-refractivity contribution in [2.75, 3.05) is 19.0 Å². The molecule has 0 aliphatic rings. The van der Waals surface area contributed by atoms with Crippen LogP contribution >= 0.6 is 11.3 Å². The van der Waals surface area contributed by atoms with Crippen molar-refractivity contribution in [2.45, 2.75) is 6.92 Å². The van der Waals surface area contributed by atoms with E-state index in [0.29, 0.717) is 4.70 Å². The van der Waals surface area contributed by atoms with Crippen LogP contribution in [0.15, 0.2) is 47.7 Å². The highest BCUT2D eigenvalue weighted by molar-refractivity contribution is 7.25. The second-order valence-corrected chi connectivity index (χ2v) is 6.89. The van der Waals surface area contributed by atoms with Gasteiger partial charge in [0.1, 0.15) is 15.9 Å². The van der Waals surface area contributed by atoms with Crippen LogP contribution in [-0.2, 0) is 0 Å². The Hall–Kier alpha value is -2.73. The summed E-state index contributed by atoms with van der Waals surface area (Å²) in [5.74, 6) is 0. The van der Waals surface area contributed by atoms with Crippen LogP contribution in [0.3, 0.4) is 0 Å². The van der Waals surface area contributed by atoms with Crippen molar-refractivity contribution in [3.8, 4) is 5.69 Å². The van der Waals surface area contributed by atoms with Crippen molar-refractivity contribution < 1.29 is 0 Å². The van der Waals surface area contributed by atoms with Gasteiger partial charge in [-0.3, -0.25) is 9.36 Å². The maximum absolute atomic E-state index is 13.0. The minimum Gasteiger partial charge on any atom is -0.377 e. The zero-order valence-electron chi connectivity index (χ0n) is 13.6. The fourth-order valence-corrected chi connectivity index (χ4v) is 3.96. The van der Waals surface area contributed by atoms with E-state index in [0.717, 1.165) is 32.7 Å². The van der Waals surface area contributed by atoms with Gasteiger partial charge in [-0.15, -0.1) is 11.3 Å². The van der Waals surface area contributed by atoms with Gasteiger partial charge in [0.05, 0.1) is 22.3 Å². The number of rotatable bonds is 2. The van der Waals surface area contributed by atoms with Gasteiger partial charge in [-0.1, -0.05) is 18.2 Å². The molecule has 0 N–H and O–H groups in total. The van der Waals surface area contributed by atoms with Gasteiger partial charge in [-0.25, -0.2) is 9.97 Å². The molecule has 0 fully saturated rings. The normalized spacial score (nSPS) is 11.3. The van der Waals surface area contributed by atoms with E-state index in [1.54, 1.807) is 17.1 Å². The van der Waals surface area contributed by atoms with Gasteiger partial charge >= 0.3 is 0 Å². The van der Waals surface area contributed by atoms with Crippen LogP contribution in [0.5, 0.6) is 0 Å². The van der Waals surface area contributed by atoms with Crippen LogP contribution in [-0.4, -0.2) is 28.6 Å². The number of para-hydroxylation sites is 1. The second kappa shape index (κ2) is 5.42. The molecule has 5 nitrogen and oxygen atoms in total. The molecule has 0 amide bonds. The summed E-state index contributed by atoms with van der Waals surface area (Å²) >= 11 is 1.40. The Morgan fingerprint density at radius 3 is 2.67 bits per heavy atom. The third-order valence-electron chi connectivity index (χ3n) is 4.12. The van der Waals surface area contributed by atoms with Gasteiger partial charge in [-0.2, -0.15) is 0 Å². The molecule has 6 heteroatoms. The summed E-state index contributed by atoms with van der Waals surface area (Å²) < 4.78 is 2.25. The summed E-state index contributed by atoms with van der Waals surface area (Å²) in [4.78, 5) is 24.9. The van der Waals surface area contributed by atoms with Crippen molar-refractivity contribution in [1.29, 1.82) is 0 Å². The number of hydrogen-bond donors (Lipinski definition) is 0. The largest absolute Gasteiger partial charge is 0.377 e. The van der Waals surface area contributed by atoms with Crippen molar-refractivity contribution in [2.24, 2.45) is 0 Å². The summed E-state index contributed by atoms with van der Waals surface area (Å²) in [5, 5.41) is 0.941. The van der Waals surface area contributed by atoms with E-state index in [1.165, 1.54) is 11.3 Å². The number of thiophene rings is 1. The summed E-state index contributed by atoms with van der Waals surface area (Å²) in [7, 11) is 3.96. The minimum absolute atomic E-state index is 0.0537. The molecule has 0 unspecified atom stereocenters. The van der Waals surface area contributed by atoms with Crippen molar-refractivity contribution in [3.05, 3.63) is 58.8 Å². The average molecular weight is 336 g/mol. The lowest BCUT2D eigenvalue weighted by Gasteiger charge is -2.13. The van der Waals surface area contributed by atoms with Crippen LogP contribution < -0.4 is 10.5 Å². The monoisotopic (exact) mass is 336 g/mol. The first-order valence-electron chi connectivity index (χ1n) is 7.60. The molecule has 4 aromatic rings. The average Bonchev–Trinajstić information content (AvgIpc) is 2.95. The number of hydrogen-bond acceptors (Lipinski definition) is 5. The molecule has 4 rings (SSSR count). The molecule has 3 aromatic heterocycles. The fourth-order valence-electron chi connectivity index (χ4n) is 2.91. The molecular formula is C18H16N4OS. The van der Waals surface area contributed by atoms with Crippen LogP contribution in [0.4, 0.5) is 5.69 Å². The number of benzene rings is 1. The molecule has 0 saturated heterocycles. The topological polar surface area (TPSA) is 51.0 Å². The van der Waals surface area contributed by atoms with Crippen LogP contribution in [0.1, 0.15) is 5.56 Å². The molecule has 0 bridgehead atoms. The van der Waals surface area contributed by atoms with Crippen LogP contribution in [0, 0.1) is 6.92 Å². The summed E-state index contributed by atoms with van der Waals surface area (Å²) in [6.07, 6.45) is 3.39. The number of pyridine rings is 1. The van der Waals surface area contributed by atoms with Gasteiger partial charge in [0.15, 0.2) is 0 Å². The lowest BCUT2D eigenvalue weighted by atomic mass is 10.2. The third kappa shape index (κ3) is 2.11. The second-order valence-electron chi connectivity index (χ2n) is 5.89. The molecular weight excluding hydrogens is 320 g/mol. The van der Waals surface area contributed by atoms with E-state index in [4.69, 9.17) is 0 Å². The zero-order chi connectivity index (χ0) is 16.8. The van der Waals surface area contributed by atoms with E-state index in [1.807, 2.05) is 56.3 Å². The van der Waals surface area contributed by atoms with Crippen LogP contribution in [0.2, 0.25) is 0 Å². The molecule has 24 heavy (non-hydrogen) atoms. The lowest BCUT2D eigenvalue weighted by molar-refractivity contribution is 0.957. The Morgan fingerprint density at radius 1 is 1.12 bits per heavy atom. The summed E-state index contributed by atoms with van der Waals surface area (Å²) in [6, 6.07) is 9.75. The predicted octanol–water partition coefficient (Wildman–Crippen LogP) is 3.37. The predicted molar refractivity (Wildman–Crippen MR) is 99.6 cm³/mol. The van der Waals surface area contributed by atoms with Gasteiger partial charge in [0.25, 0.3) is 5.56 Å². The minimum atomic E-state index is -0.0537. The van der Waals surface area contributed by atoms with E-state index >= 15 is 0 Å². The number of aromatic nitrogens is 3. The highest BCUT2D eigenvalue weighted by Gasteiger charge is 2.17. The lowest BCUT2D eigenvalue weighted by Crippen LogP contribution is -2.18. The quantitative estimate of drug-likeness (QED) is 0.563. The molecule has 0 spiro atoms. The number of nitrogens with zero attached hydrogens (tertiary/aromatic N) is 4. The van der Waals surface area contributed by atoms with Crippen molar-refractivity contribution in [3.63, 3.8) is 0 Å². The first kappa shape index (κ1) is 14.8. The van der Waals surface area contributed by atoms with E-state index in [2.05, 4.69) is 9.97 Å². The summed E-state index contributed by atoms with van der Waals surface area (Å²) in [5.41, 5.74) is 3.58. The highest BCUT2D eigenvalue weighted by atomic mass is 32.1. The zero-order valence-corrected chi connectivity index (χ0v) is 14.5. The molecule has 1 aromatic carbocycles. The Morgan fingerprint density at radius 2 is 1.92 bits per heavy atom. The maximum Gasteiger partial charge on any atom is 0.275 e. The molecule has 3 heterocycles. The van der Waals surface area contributed by atoms with Gasteiger partial charge in [-0.05, 0) is 24.6 Å². The Balaban J connectivity index is 2.09. The van der Waals surface area contributed by atoms with Crippen LogP contribution in [0.25, 0.3) is 26.1 Å². The van der Waals surface area contributed by atoms with E-state index in [9.17, 15) is 4.79 Å². The van der Waals surface area contributed by atoms with Gasteiger partial charge in [0.2, 0.25) is 0 Å². The number of anilines is 1. The summed E-state index contributed by atoms with van der Waals surface area (Å²) in [6.45, 7) is 1.99. The fraction of sp³-hybridized carbons (Fsp3) is 0.167. The SMILES string of the molecule is Cc1ccccc1-n1cnc2c(sc3nccc(N(C)C)c32)c1=O. The van der Waals surface area contributed by atoms with Crippen molar-refractivity contribution >= 4 is 37.5 Å². The Kier molecular flexibility index (Phi) is 3.35.